The molecule has 9 atom stereocenters. The first-order valence-electron chi connectivity index (χ1n) is 15.3. The quantitative estimate of drug-likeness (QED) is 0.115. The number of nitrogens with zero attached hydrogens (tertiary/aromatic N) is 6. The fourth-order valence-electron chi connectivity index (χ4n) is 5.39. The number of hydrogen-bond acceptors (Lipinski definition) is 16. The summed E-state index contributed by atoms with van der Waals surface area (Å²) in [6.07, 6.45) is -2.97. The molecule has 1 aliphatic carbocycles. The van der Waals surface area contributed by atoms with Crippen LogP contribution in [0.25, 0.3) is 11.2 Å². The number of fused-ring (bicyclic) bond motifs is 1. The van der Waals surface area contributed by atoms with Gasteiger partial charge in [0.25, 0.3) is 5.56 Å². The van der Waals surface area contributed by atoms with Crippen molar-refractivity contribution in [1.29, 1.82) is 5.26 Å². The van der Waals surface area contributed by atoms with E-state index in [1.54, 1.807) is 6.07 Å². The van der Waals surface area contributed by atoms with Gasteiger partial charge in [0.05, 0.1) is 38.6 Å². The molecule has 18 nitrogen and oxygen atoms in total. The number of alkyl halides is 1. The summed E-state index contributed by atoms with van der Waals surface area (Å²) >= 11 is 5.70. The van der Waals surface area contributed by atoms with Gasteiger partial charge in [-0.1, -0.05) is 13.8 Å². The number of imidazole rings is 1. The number of ether oxygens (including phenoxy) is 2. The first-order chi connectivity index (χ1) is 23.5. The minimum absolute atomic E-state index is 0.0468. The van der Waals surface area contributed by atoms with Crippen molar-refractivity contribution in [1.82, 2.24) is 29.5 Å². The maximum Gasteiger partial charge on any atom is 0.695 e. The Kier molecular flexibility index (Phi) is 12.7. The van der Waals surface area contributed by atoms with Crippen molar-refractivity contribution in [3.8, 4) is 11.9 Å². The van der Waals surface area contributed by atoms with Crippen molar-refractivity contribution in [2.45, 2.75) is 69.9 Å². The second-order valence-electron chi connectivity index (χ2n) is 11.7. The Morgan fingerprint density at radius 1 is 1.35 bits per heavy atom. The Hall–Kier alpha value is -3.08. The highest BCUT2D eigenvalue weighted by atomic mass is 32.5. The maximum atomic E-state index is 15.9. The molecule has 4 heterocycles. The smallest absolute Gasteiger partial charge is 0.474 e. The van der Waals surface area contributed by atoms with Crippen molar-refractivity contribution in [2.75, 3.05) is 31.7 Å². The molecule has 0 aromatic carbocycles. The summed E-state index contributed by atoms with van der Waals surface area (Å²) < 4.78 is 63.8. The monoisotopic (exact) mass is 745 g/mol. The summed E-state index contributed by atoms with van der Waals surface area (Å²) in [6.45, 7) is -0.606. The number of anilines is 1. The number of aliphatic hydroxyl groups is 1. The molecule has 4 N–H and O–H groups in total. The van der Waals surface area contributed by atoms with Gasteiger partial charge in [-0.25, -0.2) is 19.3 Å². The molecule has 1 saturated heterocycles. The van der Waals surface area contributed by atoms with E-state index in [1.165, 1.54) is 23.4 Å². The van der Waals surface area contributed by atoms with E-state index in [0.29, 0.717) is 18.8 Å². The van der Waals surface area contributed by atoms with Crippen LogP contribution < -0.4 is 15.6 Å². The van der Waals surface area contributed by atoms with Gasteiger partial charge < -0.3 is 28.9 Å². The van der Waals surface area contributed by atoms with Crippen molar-refractivity contribution >= 4 is 43.9 Å². The number of H-pyrrole nitrogens is 1. The van der Waals surface area contributed by atoms with Gasteiger partial charge in [-0.15, -0.1) is 9.42 Å². The number of aromatic nitrogens is 6. The van der Waals surface area contributed by atoms with Crippen LogP contribution in [0.3, 0.4) is 0 Å². The fraction of sp³-hybridized carbons (Fsp3) is 0.630. The van der Waals surface area contributed by atoms with Crippen LogP contribution in [0.4, 0.5) is 10.3 Å². The Balaban J connectivity index is 1.39. The Morgan fingerprint density at radius 3 is 2.86 bits per heavy atom. The van der Waals surface area contributed by atoms with Gasteiger partial charge in [-0.3, -0.25) is 18.9 Å². The predicted molar refractivity (Wildman–Crippen MR) is 173 cm³/mol. The van der Waals surface area contributed by atoms with E-state index in [-0.39, 0.29) is 49.1 Å². The molecule has 266 valence electrons. The molecule has 1 aliphatic heterocycles. The summed E-state index contributed by atoms with van der Waals surface area (Å²) in [7, 11) is -2.98. The normalized spacial score (nSPS) is 26.9. The van der Waals surface area contributed by atoms with Gasteiger partial charge in [0, 0.05) is 35.7 Å². The minimum Gasteiger partial charge on any atom is -0.474 e. The zero-order valence-corrected chi connectivity index (χ0v) is 29.0. The number of aromatic amines is 1. The van der Waals surface area contributed by atoms with E-state index in [1.807, 2.05) is 19.9 Å². The molecule has 5 rings (SSSR count). The fourth-order valence-corrected chi connectivity index (χ4v) is 7.98. The van der Waals surface area contributed by atoms with Gasteiger partial charge in [0.15, 0.2) is 23.6 Å². The van der Waals surface area contributed by atoms with Gasteiger partial charge in [-0.05, 0) is 24.1 Å². The number of aliphatic hydroxyl groups excluding tert-OH is 1. The summed E-state index contributed by atoms with van der Waals surface area (Å²) in [4.78, 5) is 41.4. The lowest BCUT2D eigenvalue weighted by Crippen LogP contribution is -2.32. The summed E-state index contributed by atoms with van der Waals surface area (Å²) in [5.74, 6) is 0.148. The van der Waals surface area contributed by atoms with Crippen molar-refractivity contribution in [3.05, 3.63) is 35.3 Å². The first kappa shape index (κ1) is 37.2. The molecule has 3 aromatic rings. The van der Waals surface area contributed by atoms with Crippen LogP contribution >= 0.6 is 15.0 Å². The van der Waals surface area contributed by atoms with E-state index in [2.05, 4.69) is 30.2 Å². The number of rotatable bonds is 17. The molecular weight excluding hydrogens is 709 g/mol. The van der Waals surface area contributed by atoms with Crippen LogP contribution in [0.15, 0.2) is 29.7 Å². The van der Waals surface area contributed by atoms with Crippen molar-refractivity contribution in [3.63, 3.8) is 0 Å². The highest BCUT2D eigenvalue weighted by molar-refractivity contribution is 8.07. The third-order valence-electron chi connectivity index (χ3n) is 7.64. The molecule has 1 unspecified atom stereocenters. The topological polar surface area (TPSA) is 238 Å². The molecule has 2 aliphatic rings. The van der Waals surface area contributed by atoms with E-state index < -0.39 is 69.9 Å². The van der Waals surface area contributed by atoms with Crippen LogP contribution in [-0.2, 0) is 39.2 Å². The van der Waals surface area contributed by atoms with Crippen LogP contribution in [0, 0.1) is 23.2 Å². The largest absolute Gasteiger partial charge is 0.695 e. The van der Waals surface area contributed by atoms with Gasteiger partial charge in [0.2, 0.25) is 11.8 Å². The molecule has 3 aromatic heterocycles. The lowest BCUT2D eigenvalue weighted by molar-refractivity contribution is -0.0489. The predicted octanol–water partition coefficient (Wildman–Crippen LogP) is 2.65. The third kappa shape index (κ3) is 9.38. The molecule has 0 radical (unpaired) electrons. The zero-order valence-electron chi connectivity index (χ0n) is 26.4. The molecule has 2 fully saturated rings. The van der Waals surface area contributed by atoms with Crippen LogP contribution in [0.1, 0.15) is 39.3 Å². The molecule has 22 heteroatoms. The second-order valence-corrected chi connectivity index (χ2v) is 15.3. The lowest BCUT2D eigenvalue weighted by Gasteiger charge is -2.29. The van der Waals surface area contributed by atoms with Crippen molar-refractivity contribution < 1.29 is 46.5 Å². The Labute approximate surface area is 285 Å². The molecule has 1 saturated carbocycles. The Bertz CT molecular complexity index is 1730. The van der Waals surface area contributed by atoms with Crippen LogP contribution in [-0.4, -0.2) is 96.4 Å². The average Bonchev–Trinajstić information content (AvgIpc) is 3.74. The average molecular weight is 746 g/mol. The molecular formula is C27H36FN8O10P2S+. The number of halogens is 1. The standard InChI is InChI=1S/C27H35FN8O10P2S/c1-15(2)10-31-27-34-24-22(25(38)35-27)33-14-36(24)26-23(21(28)19(11-37)44-26)46-48(49,41-7-3-5-29)42-12-16-8-17(9-18(16)45-47(39)40)43-20-4-6-30-13-32-20/h4,6,13-19,21,23,26,37H,3,7-12H2,1-2H3,(H2-,31,34,35,38,39,40)/p+1/t16-,17-,18+,19-,21-,23-,26-,48+/m1/s1. The SMILES string of the molecule is CC(C)CNc1nc2c(ncn2[C@@H]2O[C@H](CO)[C@@H](F)[C@H]2O[P@](=S)(OCCC#N)OC[C@H]2C[C@@H](Oc3ccncn3)C[C@@H]2O[P+](=O)O)c(=O)[nH]1. The first-order valence-corrected chi connectivity index (χ1v) is 19.0. The Morgan fingerprint density at radius 2 is 2.16 bits per heavy atom. The molecule has 0 spiro atoms. The summed E-state index contributed by atoms with van der Waals surface area (Å²) in [5.41, 5.74) is -0.540. The highest BCUT2D eigenvalue weighted by Gasteiger charge is 2.51. The number of hydrogen-bond donors (Lipinski definition) is 4. The summed E-state index contributed by atoms with van der Waals surface area (Å²) in [6, 6.07) is 3.49. The highest BCUT2D eigenvalue weighted by Crippen LogP contribution is 2.55. The number of nitriles is 1. The lowest BCUT2D eigenvalue weighted by atomic mass is 10.1. The second kappa shape index (κ2) is 16.8. The van der Waals surface area contributed by atoms with Gasteiger partial charge >= 0.3 is 15.0 Å². The number of nitrogens with one attached hydrogen (secondary N) is 2. The van der Waals surface area contributed by atoms with E-state index >= 15 is 4.39 Å². The molecule has 0 bridgehead atoms. The zero-order chi connectivity index (χ0) is 35.1. The van der Waals surface area contributed by atoms with E-state index in [9.17, 15) is 19.4 Å². The van der Waals surface area contributed by atoms with Crippen LogP contribution in [0.5, 0.6) is 5.88 Å². The summed E-state index contributed by atoms with van der Waals surface area (Å²) in [5, 5.41) is 22.1. The molecule has 49 heavy (non-hydrogen) atoms. The van der Waals surface area contributed by atoms with E-state index in [4.69, 9.17) is 44.6 Å². The minimum atomic E-state index is -3.92. The van der Waals surface area contributed by atoms with Crippen molar-refractivity contribution in [2.24, 2.45) is 11.8 Å². The van der Waals surface area contributed by atoms with Gasteiger partial charge in [0.1, 0.15) is 30.7 Å². The van der Waals surface area contributed by atoms with Crippen LogP contribution in [0.2, 0.25) is 0 Å². The maximum absolute atomic E-state index is 15.9. The third-order valence-corrected chi connectivity index (χ3v) is 10.5. The van der Waals surface area contributed by atoms with Gasteiger partial charge in [-0.2, -0.15) is 10.2 Å². The molecule has 0 amide bonds. The van der Waals surface area contributed by atoms with E-state index in [0.717, 1.165) is 0 Å².